The molecule has 1 aromatic rings. The molecule has 1 heterocycles. The van der Waals surface area contributed by atoms with Crippen molar-refractivity contribution in [3.63, 3.8) is 0 Å². The smallest absolute Gasteiger partial charge is 0.297 e. The Morgan fingerprint density at radius 1 is 1.21 bits per heavy atom. The van der Waals surface area contributed by atoms with Crippen LogP contribution in [0.5, 0.6) is 0 Å². The third-order valence-electron chi connectivity index (χ3n) is 5.16. The predicted molar refractivity (Wildman–Crippen MR) is 108 cm³/mol. The van der Waals surface area contributed by atoms with Gasteiger partial charge in [-0.2, -0.15) is 8.42 Å². The number of carbonyl (C=O) groups is 1. The fourth-order valence-corrected chi connectivity index (χ4v) is 4.11. The quantitative estimate of drug-likeness (QED) is 0.403. The van der Waals surface area contributed by atoms with E-state index in [0.717, 1.165) is 24.8 Å². The molecule has 1 aliphatic rings. The largest absolute Gasteiger partial charge is 0.382 e. The molecule has 1 atom stereocenters. The van der Waals surface area contributed by atoms with Crippen LogP contribution >= 0.6 is 0 Å². The van der Waals surface area contributed by atoms with Gasteiger partial charge < -0.3 is 14.6 Å². The van der Waals surface area contributed by atoms with Gasteiger partial charge >= 0.3 is 0 Å². The van der Waals surface area contributed by atoms with Gasteiger partial charge in [-0.05, 0) is 32.4 Å². The molecule has 0 aromatic heterocycles. The van der Waals surface area contributed by atoms with Gasteiger partial charge in [0.25, 0.3) is 10.1 Å². The number of aliphatic hydroxyl groups is 1. The van der Waals surface area contributed by atoms with E-state index in [1.165, 1.54) is 19.1 Å². The van der Waals surface area contributed by atoms with E-state index in [0.29, 0.717) is 6.42 Å². The van der Waals surface area contributed by atoms with Gasteiger partial charge in [-0.25, -0.2) is 0 Å². The van der Waals surface area contributed by atoms with Crippen molar-refractivity contribution in [3.05, 3.63) is 29.8 Å². The minimum absolute atomic E-state index is 0.00701. The van der Waals surface area contributed by atoms with Crippen molar-refractivity contribution in [3.8, 4) is 0 Å². The minimum Gasteiger partial charge on any atom is -0.382 e. The number of unbranched alkanes of at least 4 members (excludes halogenated alkanes) is 2. The molecule has 29 heavy (non-hydrogen) atoms. The second-order valence-corrected chi connectivity index (χ2v) is 9.41. The molecule has 0 saturated carbocycles. The van der Waals surface area contributed by atoms with Crippen molar-refractivity contribution in [2.75, 3.05) is 19.8 Å². The highest BCUT2D eigenvalue weighted by atomic mass is 32.2. The Hall–Kier alpha value is -1.32. The maximum atomic E-state index is 12.5. The summed E-state index contributed by atoms with van der Waals surface area (Å²) in [5.74, 6) is -1.62. The summed E-state index contributed by atoms with van der Waals surface area (Å²) in [4.78, 5) is 12.5. The number of rotatable bonds is 12. The molecule has 0 aliphatic carbocycles. The first-order valence-electron chi connectivity index (χ1n) is 10.1. The molecule has 1 unspecified atom stereocenters. The third-order valence-corrected chi connectivity index (χ3v) is 6.44. The zero-order valence-corrected chi connectivity index (χ0v) is 18.3. The van der Waals surface area contributed by atoms with Crippen molar-refractivity contribution in [1.29, 1.82) is 0 Å². The van der Waals surface area contributed by atoms with Crippen molar-refractivity contribution in [1.82, 2.24) is 0 Å². The number of aryl methyl sites for hydroxylation is 1. The molecule has 0 bridgehead atoms. The number of ketones is 1. The summed E-state index contributed by atoms with van der Waals surface area (Å²) in [6.45, 7) is 5.66. The van der Waals surface area contributed by atoms with Crippen LogP contribution in [0.25, 0.3) is 0 Å². The Morgan fingerprint density at radius 3 is 2.41 bits per heavy atom. The molecule has 0 radical (unpaired) electrons. The maximum Gasteiger partial charge on any atom is 0.297 e. The Bertz CT molecular complexity index is 763. The van der Waals surface area contributed by atoms with E-state index >= 15 is 0 Å². The van der Waals surface area contributed by atoms with Crippen molar-refractivity contribution < 1.29 is 32.0 Å². The normalized spacial score (nSPS) is 18.5. The predicted octanol–water partition coefficient (Wildman–Crippen LogP) is 3.12. The standard InChI is InChI=1S/C21H32O7S/c1-4-5-6-12-20(3,23)19(22)11-13-21(26-14-15-27-21)16-28-29(24,25)18-9-7-17(2)8-10-18/h7-10,23H,4-6,11-16H2,1-3H3. The summed E-state index contributed by atoms with van der Waals surface area (Å²) in [5, 5.41) is 10.4. The highest BCUT2D eigenvalue weighted by Gasteiger charge is 2.41. The number of hydrogen-bond donors (Lipinski definition) is 1. The molecule has 1 aromatic carbocycles. The lowest BCUT2D eigenvalue weighted by Gasteiger charge is -2.28. The van der Waals surface area contributed by atoms with E-state index < -0.39 is 21.5 Å². The lowest BCUT2D eigenvalue weighted by molar-refractivity contribution is -0.184. The van der Waals surface area contributed by atoms with Gasteiger partial charge in [-0.1, -0.05) is 43.9 Å². The Labute approximate surface area is 173 Å². The number of carbonyl (C=O) groups excluding carboxylic acids is 1. The number of hydrogen-bond acceptors (Lipinski definition) is 7. The number of Topliss-reactive ketones (excluding diaryl/α,β-unsaturated/α-hetero) is 1. The van der Waals surface area contributed by atoms with Gasteiger partial charge in [0.05, 0.1) is 18.1 Å². The molecule has 7 nitrogen and oxygen atoms in total. The second kappa shape index (κ2) is 10.1. The van der Waals surface area contributed by atoms with Crippen LogP contribution in [0.15, 0.2) is 29.2 Å². The summed E-state index contributed by atoms with van der Waals surface area (Å²) in [5.41, 5.74) is -0.476. The van der Waals surface area contributed by atoms with E-state index in [-0.39, 0.29) is 43.3 Å². The molecule has 2 rings (SSSR count). The second-order valence-electron chi connectivity index (χ2n) is 7.79. The van der Waals surface area contributed by atoms with Crippen LogP contribution in [-0.4, -0.2) is 50.5 Å². The zero-order chi connectivity index (χ0) is 21.5. The third kappa shape index (κ3) is 6.86. The maximum absolute atomic E-state index is 12.5. The molecule has 1 aliphatic heterocycles. The molecule has 1 N–H and O–H groups in total. The lowest BCUT2D eigenvalue weighted by Crippen LogP contribution is -2.40. The highest BCUT2D eigenvalue weighted by molar-refractivity contribution is 7.86. The van der Waals surface area contributed by atoms with Crippen molar-refractivity contribution in [2.45, 2.75) is 75.6 Å². The Balaban J connectivity index is 1.97. The lowest BCUT2D eigenvalue weighted by atomic mass is 9.90. The van der Waals surface area contributed by atoms with Crippen LogP contribution in [0.2, 0.25) is 0 Å². The molecule has 164 valence electrons. The average molecular weight is 429 g/mol. The first kappa shape index (κ1) is 24.0. The molecular formula is C21H32O7S. The average Bonchev–Trinajstić information content (AvgIpc) is 3.14. The fourth-order valence-electron chi connectivity index (χ4n) is 3.17. The molecule has 8 heteroatoms. The van der Waals surface area contributed by atoms with Crippen LogP contribution in [0.1, 0.15) is 57.9 Å². The molecule has 0 spiro atoms. The molecule has 1 fully saturated rings. The highest BCUT2D eigenvalue weighted by Crippen LogP contribution is 2.29. The van der Waals surface area contributed by atoms with Crippen LogP contribution < -0.4 is 0 Å². The number of ether oxygens (including phenoxy) is 2. The topological polar surface area (TPSA) is 99.1 Å². The van der Waals surface area contributed by atoms with Crippen LogP contribution in [0.3, 0.4) is 0 Å². The first-order valence-corrected chi connectivity index (χ1v) is 11.5. The fraction of sp³-hybridized carbons (Fsp3) is 0.667. The van der Waals surface area contributed by atoms with E-state index in [1.54, 1.807) is 12.1 Å². The monoisotopic (exact) mass is 428 g/mol. The van der Waals surface area contributed by atoms with Crippen LogP contribution in [-0.2, 0) is 28.6 Å². The van der Waals surface area contributed by atoms with E-state index in [1.807, 2.05) is 6.92 Å². The zero-order valence-electron chi connectivity index (χ0n) is 17.5. The van der Waals surface area contributed by atoms with Crippen LogP contribution in [0.4, 0.5) is 0 Å². The van der Waals surface area contributed by atoms with Crippen molar-refractivity contribution >= 4 is 15.9 Å². The molecule has 0 amide bonds. The Kier molecular flexibility index (Phi) is 8.37. The SMILES string of the molecule is CCCCCC(C)(O)C(=O)CCC1(COS(=O)(=O)c2ccc(C)cc2)OCCO1. The Morgan fingerprint density at radius 2 is 1.83 bits per heavy atom. The summed E-state index contributed by atoms with van der Waals surface area (Å²) < 4.78 is 41.3. The molecular weight excluding hydrogens is 396 g/mol. The van der Waals surface area contributed by atoms with Gasteiger partial charge in [0, 0.05) is 12.8 Å². The van der Waals surface area contributed by atoms with Crippen molar-refractivity contribution in [2.24, 2.45) is 0 Å². The summed E-state index contributed by atoms with van der Waals surface area (Å²) in [6, 6.07) is 6.33. The first-order chi connectivity index (χ1) is 13.6. The van der Waals surface area contributed by atoms with E-state index in [2.05, 4.69) is 6.92 Å². The summed E-state index contributed by atoms with van der Waals surface area (Å²) >= 11 is 0. The summed E-state index contributed by atoms with van der Waals surface area (Å²) in [6.07, 6.45) is 3.23. The molecule has 1 saturated heterocycles. The van der Waals surface area contributed by atoms with E-state index in [4.69, 9.17) is 13.7 Å². The minimum atomic E-state index is -3.98. The number of benzene rings is 1. The van der Waals surface area contributed by atoms with Crippen LogP contribution in [0, 0.1) is 6.92 Å². The van der Waals surface area contributed by atoms with Gasteiger partial charge in [0.15, 0.2) is 11.6 Å². The van der Waals surface area contributed by atoms with E-state index in [9.17, 15) is 18.3 Å². The van der Waals surface area contributed by atoms with Gasteiger partial charge in [-0.15, -0.1) is 0 Å². The van der Waals surface area contributed by atoms with Gasteiger partial charge in [0.1, 0.15) is 12.2 Å². The summed E-state index contributed by atoms with van der Waals surface area (Å²) in [7, 11) is -3.98. The van der Waals surface area contributed by atoms with Gasteiger partial charge in [-0.3, -0.25) is 8.98 Å². The van der Waals surface area contributed by atoms with Gasteiger partial charge in [0.2, 0.25) is 0 Å².